The first-order valence-corrected chi connectivity index (χ1v) is 13.5. The number of hydrogen-bond donors (Lipinski definition) is 1. The molecule has 4 rings (SSSR count). The second kappa shape index (κ2) is 9.62. The van der Waals surface area contributed by atoms with Crippen LogP contribution in [0.1, 0.15) is 47.6 Å². The Bertz CT molecular complexity index is 1430. The monoisotopic (exact) mass is 507 g/mol. The molecule has 0 spiro atoms. The number of ether oxygens (including phenoxy) is 1. The van der Waals surface area contributed by atoms with Crippen LogP contribution in [0.2, 0.25) is 0 Å². The summed E-state index contributed by atoms with van der Waals surface area (Å²) in [6.07, 6.45) is 0. The predicted octanol–water partition coefficient (Wildman–Crippen LogP) is 6.00. The maximum absolute atomic E-state index is 13.9. The van der Waals surface area contributed by atoms with Crippen LogP contribution in [0.4, 0.5) is 5.69 Å². The first kappa shape index (κ1) is 25.8. The van der Waals surface area contributed by atoms with Crippen LogP contribution >= 0.6 is 0 Å². The lowest BCUT2D eigenvalue weighted by molar-refractivity contribution is -0.139. The summed E-state index contributed by atoms with van der Waals surface area (Å²) in [6, 6.07) is 15.1. The summed E-state index contributed by atoms with van der Waals surface area (Å²) in [5.74, 6) is -0.412. The SMILES string of the molecule is Cc1ccc(-c2cc(C)c3c(c2C)C(C(C)C)CN3S(=O)(=O)c2ccc(OCC(=O)O)c(C)c2)cc1. The van der Waals surface area contributed by atoms with Gasteiger partial charge in [0.05, 0.1) is 10.6 Å². The Labute approximate surface area is 213 Å². The zero-order valence-electron chi connectivity index (χ0n) is 21.6. The van der Waals surface area contributed by atoms with Crippen molar-refractivity contribution in [2.24, 2.45) is 5.92 Å². The van der Waals surface area contributed by atoms with E-state index in [0.717, 1.165) is 33.5 Å². The third kappa shape index (κ3) is 4.60. The molecule has 190 valence electrons. The number of anilines is 1. The van der Waals surface area contributed by atoms with E-state index in [1.54, 1.807) is 17.3 Å². The third-order valence-corrected chi connectivity index (χ3v) is 8.79. The quantitative estimate of drug-likeness (QED) is 0.424. The first-order chi connectivity index (χ1) is 16.9. The fourth-order valence-corrected chi connectivity index (χ4v) is 6.74. The maximum Gasteiger partial charge on any atom is 0.341 e. The van der Waals surface area contributed by atoms with E-state index in [1.165, 1.54) is 17.7 Å². The summed E-state index contributed by atoms with van der Waals surface area (Å²) in [7, 11) is -3.85. The highest BCUT2D eigenvalue weighted by Crippen LogP contribution is 2.49. The molecule has 1 aliphatic rings. The van der Waals surface area contributed by atoms with Gasteiger partial charge in [-0.3, -0.25) is 4.31 Å². The average Bonchev–Trinajstić information content (AvgIpc) is 3.24. The zero-order valence-corrected chi connectivity index (χ0v) is 22.4. The van der Waals surface area contributed by atoms with Gasteiger partial charge in [-0.15, -0.1) is 0 Å². The number of rotatable bonds is 7. The van der Waals surface area contributed by atoms with E-state index in [0.29, 0.717) is 17.9 Å². The Balaban J connectivity index is 1.81. The number of fused-ring (bicyclic) bond motifs is 1. The van der Waals surface area contributed by atoms with Crippen molar-refractivity contribution in [1.82, 2.24) is 0 Å². The van der Waals surface area contributed by atoms with Crippen LogP contribution in [-0.2, 0) is 14.8 Å². The van der Waals surface area contributed by atoms with Crippen molar-refractivity contribution in [2.75, 3.05) is 17.5 Å². The Morgan fingerprint density at radius 1 is 1.03 bits per heavy atom. The third-order valence-electron chi connectivity index (χ3n) is 7.03. The minimum Gasteiger partial charge on any atom is -0.482 e. The highest BCUT2D eigenvalue weighted by atomic mass is 32.2. The van der Waals surface area contributed by atoms with Crippen LogP contribution < -0.4 is 9.04 Å². The number of hydrogen-bond acceptors (Lipinski definition) is 4. The van der Waals surface area contributed by atoms with Crippen molar-refractivity contribution in [3.63, 3.8) is 0 Å². The summed E-state index contributed by atoms with van der Waals surface area (Å²) in [4.78, 5) is 11.0. The Kier molecular flexibility index (Phi) is 6.88. The van der Waals surface area contributed by atoms with Gasteiger partial charge in [0.15, 0.2) is 6.61 Å². The highest BCUT2D eigenvalue weighted by Gasteiger charge is 2.40. The second-order valence-electron chi connectivity index (χ2n) is 9.99. The van der Waals surface area contributed by atoms with Crippen molar-refractivity contribution in [2.45, 2.75) is 52.4 Å². The molecular weight excluding hydrogens is 474 g/mol. The molecular formula is C29H33NO5S. The molecule has 1 N–H and O–H groups in total. The van der Waals surface area contributed by atoms with E-state index in [4.69, 9.17) is 9.84 Å². The molecule has 6 nitrogen and oxygen atoms in total. The number of aliphatic carboxylic acids is 1. The summed E-state index contributed by atoms with van der Waals surface area (Å²) < 4.78 is 34.7. The fourth-order valence-electron chi connectivity index (χ4n) is 5.08. The molecule has 1 heterocycles. The van der Waals surface area contributed by atoms with Crippen molar-refractivity contribution in [3.8, 4) is 16.9 Å². The molecule has 0 saturated carbocycles. The van der Waals surface area contributed by atoms with Gasteiger partial charge in [-0.1, -0.05) is 43.7 Å². The Morgan fingerprint density at radius 2 is 1.69 bits per heavy atom. The van der Waals surface area contributed by atoms with E-state index < -0.39 is 22.6 Å². The van der Waals surface area contributed by atoms with Gasteiger partial charge in [-0.05, 0) is 91.3 Å². The molecule has 3 aromatic rings. The van der Waals surface area contributed by atoms with Gasteiger partial charge >= 0.3 is 5.97 Å². The smallest absolute Gasteiger partial charge is 0.341 e. The van der Waals surface area contributed by atoms with Crippen LogP contribution in [0, 0.1) is 33.6 Å². The van der Waals surface area contributed by atoms with Crippen LogP contribution in [0.3, 0.4) is 0 Å². The van der Waals surface area contributed by atoms with Gasteiger partial charge in [0, 0.05) is 12.5 Å². The van der Waals surface area contributed by atoms with Crippen molar-refractivity contribution >= 4 is 21.7 Å². The van der Waals surface area contributed by atoms with E-state index >= 15 is 0 Å². The van der Waals surface area contributed by atoms with Crippen molar-refractivity contribution in [3.05, 3.63) is 76.3 Å². The largest absolute Gasteiger partial charge is 0.482 e. The molecule has 0 fully saturated rings. The summed E-state index contributed by atoms with van der Waals surface area (Å²) in [5, 5.41) is 8.88. The van der Waals surface area contributed by atoms with E-state index in [1.807, 2.05) is 6.92 Å². The van der Waals surface area contributed by atoms with Crippen LogP contribution in [0.5, 0.6) is 5.75 Å². The standard InChI is InChI=1S/C29H33NO5S/c1-17(2)25-15-30(36(33,34)23-11-12-26(19(4)13-23)35-16-27(31)32)29-20(5)14-24(21(6)28(25)29)22-9-7-18(3)8-10-22/h7-14,17,25H,15-16H2,1-6H3,(H,31,32). The summed E-state index contributed by atoms with van der Waals surface area (Å²) in [6.45, 7) is 12.0. The first-order valence-electron chi connectivity index (χ1n) is 12.1. The number of nitrogens with zero attached hydrogens (tertiary/aromatic N) is 1. The van der Waals surface area contributed by atoms with Crippen molar-refractivity contribution in [1.29, 1.82) is 0 Å². The van der Waals surface area contributed by atoms with Gasteiger partial charge < -0.3 is 9.84 Å². The van der Waals surface area contributed by atoms with Crippen LogP contribution in [0.25, 0.3) is 11.1 Å². The predicted molar refractivity (Wildman–Crippen MR) is 143 cm³/mol. The Hall–Kier alpha value is -3.32. The fraction of sp³-hybridized carbons (Fsp3) is 0.345. The number of sulfonamides is 1. The second-order valence-corrected chi connectivity index (χ2v) is 11.9. The van der Waals surface area contributed by atoms with Gasteiger partial charge in [-0.2, -0.15) is 0 Å². The molecule has 1 unspecified atom stereocenters. The lowest BCUT2D eigenvalue weighted by Gasteiger charge is -2.23. The number of aryl methyl sites for hydroxylation is 3. The highest BCUT2D eigenvalue weighted by molar-refractivity contribution is 7.92. The minimum absolute atomic E-state index is 0.0677. The summed E-state index contributed by atoms with van der Waals surface area (Å²) in [5.41, 5.74) is 7.93. The molecule has 0 saturated heterocycles. The molecule has 1 atom stereocenters. The van der Waals surface area contributed by atoms with E-state index in [2.05, 4.69) is 58.0 Å². The molecule has 0 amide bonds. The number of carbonyl (C=O) groups is 1. The van der Waals surface area contributed by atoms with Gasteiger partial charge in [-0.25, -0.2) is 13.2 Å². The van der Waals surface area contributed by atoms with Crippen molar-refractivity contribution < 1.29 is 23.1 Å². The lowest BCUT2D eigenvalue weighted by atomic mass is 9.83. The zero-order chi connectivity index (χ0) is 26.4. The maximum atomic E-state index is 13.9. The van der Waals surface area contributed by atoms with E-state index in [9.17, 15) is 13.2 Å². The molecule has 0 radical (unpaired) electrons. The number of carboxylic acid groups (broad SMARTS) is 1. The van der Waals surface area contributed by atoms with Crippen LogP contribution in [0.15, 0.2) is 53.4 Å². The number of benzene rings is 3. The normalized spacial score (nSPS) is 15.3. The van der Waals surface area contributed by atoms with Gasteiger partial charge in [0.1, 0.15) is 5.75 Å². The molecule has 3 aromatic carbocycles. The molecule has 0 bridgehead atoms. The summed E-state index contributed by atoms with van der Waals surface area (Å²) >= 11 is 0. The lowest BCUT2D eigenvalue weighted by Crippen LogP contribution is -2.31. The van der Waals surface area contributed by atoms with Gasteiger partial charge in [0.2, 0.25) is 0 Å². The number of carboxylic acids is 1. The van der Waals surface area contributed by atoms with E-state index in [-0.39, 0.29) is 16.7 Å². The Morgan fingerprint density at radius 3 is 2.28 bits per heavy atom. The molecule has 7 heteroatoms. The molecule has 0 aliphatic carbocycles. The molecule has 1 aliphatic heterocycles. The minimum atomic E-state index is -3.85. The molecule has 36 heavy (non-hydrogen) atoms. The van der Waals surface area contributed by atoms with Gasteiger partial charge in [0.25, 0.3) is 10.0 Å². The van der Waals surface area contributed by atoms with Crippen LogP contribution in [-0.4, -0.2) is 32.6 Å². The molecule has 0 aromatic heterocycles. The topological polar surface area (TPSA) is 83.9 Å². The average molecular weight is 508 g/mol.